The molecule has 2 radical (unpaired) electrons. The molecule has 29 heavy (non-hydrogen) atoms. The van der Waals surface area contributed by atoms with E-state index in [2.05, 4.69) is 0 Å². The van der Waals surface area contributed by atoms with Gasteiger partial charge in [-0.2, -0.15) is 13.2 Å². The van der Waals surface area contributed by atoms with E-state index in [1.165, 1.54) is 24.3 Å². The fraction of sp³-hybridized carbons (Fsp3) is 0.304. The summed E-state index contributed by atoms with van der Waals surface area (Å²) in [4.78, 5) is 0. The summed E-state index contributed by atoms with van der Waals surface area (Å²) in [6.07, 6.45) is -0.616. The quantitative estimate of drug-likeness (QED) is 0.441. The Morgan fingerprint density at radius 1 is 0.931 bits per heavy atom. The maximum atomic E-state index is 12.6. The van der Waals surface area contributed by atoms with Crippen LogP contribution in [0.5, 0.6) is 11.5 Å². The SMILES string of the molecule is [CH]=CCC(C)Oc1cccc(Cl)c1.[CH]=CCC(C)Oc1ccccc1C(F)(F)F. The molecule has 2 aromatic rings. The van der Waals surface area contributed by atoms with Crippen molar-refractivity contribution in [2.24, 2.45) is 0 Å². The van der Waals surface area contributed by atoms with Crippen molar-refractivity contribution in [3.05, 3.63) is 84.4 Å². The molecule has 0 saturated carbocycles. The van der Waals surface area contributed by atoms with Gasteiger partial charge in [-0.05, 0) is 44.2 Å². The molecule has 6 heteroatoms. The Bertz CT molecular complexity index is 775. The Balaban J connectivity index is 0.000000296. The number of para-hydroxylation sites is 1. The summed E-state index contributed by atoms with van der Waals surface area (Å²) in [7, 11) is 0. The lowest BCUT2D eigenvalue weighted by Crippen LogP contribution is -2.14. The Morgan fingerprint density at radius 3 is 2.07 bits per heavy atom. The monoisotopic (exact) mass is 424 g/mol. The van der Waals surface area contributed by atoms with Crippen LogP contribution < -0.4 is 9.47 Å². The van der Waals surface area contributed by atoms with E-state index in [0.717, 1.165) is 18.2 Å². The van der Waals surface area contributed by atoms with Crippen LogP contribution in [-0.2, 0) is 6.18 Å². The summed E-state index contributed by atoms with van der Waals surface area (Å²) in [5.74, 6) is 0.617. The van der Waals surface area contributed by atoms with E-state index in [1.54, 1.807) is 19.1 Å². The van der Waals surface area contributed by atoms with Gasteiger partial charge in [-0.3, -0.25) is 0 Å². The van der Waals surface area contributed by atoms with Crippen molar-refractivity contribution in [1.82, 2.24) is 0 Å². The number of halogens is 4. The third kappa shape index (κ3) is 9.57. The lowest BCUT2D eigenvalue weighted by molar-refractivity contribution is -0.139. The molecule has 2 unspecified atom stereocenters. The second kappa shape index (κ2) is 12.2. The molecular formula is C23H24ClF3O2. The summed E-state index contributed by atoms with van der Waals surface area (Å²) in [6.45, 7) is 14.1. The zero-order valence-corrected chi connectivity index (χ0v) is 17.1. The number of rotatable bonds is 8. The van der Waals surface area contributed by atoms with E-state index in [4.69, 9.17) is 34.2 Å². The summed E-state index contributed by atoms with van der Waals surface area (Å²) < 4.78 is 48.4. The zero-order chi connectivity index (χ0) is 21.9. The lowest BCUT2D eigenvalue weighted by atomic mass is 10.2. The molecule has 0 aromatic heterocycles. The lowest BCUT2D eigenvalue weighted by Gasteiger charge is -2.17. The minimum Gasteiger partial charge on any atom is -0.490 e. The van der Waals surface area contributed by atoms with E-state index in [9.17, 15) is 13.2 Å². The first kappa shape index (κ1) is 24.6. The molecule has 0 spiro atoms. The molecule has 0 aliphatic carbocycles. The highest BCUT2D eigenvalue weighted by Crippen LogP contribution is 2.36. The maximum absolute atomic E-state index is 12.6. The van der Waals surface area contributed by atoms with E-state index < -0.39 is 11.7 Å². The smallest absolute Gasteiger partial charge is 0.419 e. The molecule has 0 fully saturated rings. The van der Waals surface area contributed by atoms with Crippen LogP contribution in [0.25, 0.3) is 0 Å². The van der Waals surface area contributed by atoms with Gasteiger partial charge in [0.1, 0.15) is 11.5 Å². The van der Waals surface area contributed by atoms with Crippen LogP contribution in [0.1, 0.15) is 32.3 Å². The predicted molar refractivity (Wildman–Crippen MR) is 110 cm³/mol. The van der Waals surface area contributed by atoms with Gasteiger partial charge >= 0.3 is 6.18 Å². The summed E-state index contributed by atoms with van der Waals surface area (Å²) in [5, 5.41) is 0.682. The van der Waals surface area contributed by atoms with Crippen molar-refractivity contribution in [3.63, 3.8) is 0 Å². The molecule has 2 nitrogen and oxygen atoms in total. The van der Waals surface area contributed by atoms with Crippen LogP contribution >= 0.6 is 11.6 Å². The number of hydrogen-bond donors (Lipinski definition) is 0. The number of hydrogen-bond acceptors (Lipinski definition) is 2. The van der Waals surface area contributed by atoms with Gasteiger partial charge in [0.15, 0.2) is 0 Å². The first-order valence-electron chi connectivity index (χ1n) is 8.99. The maximum Gasteiger partial charge on any atom is 0.419 e. The van der Waals surface area contributed by atoms with Crippen LogP contribution in [0.4, 0.5) is 13.2 Å². The standard InChI is InChI=1S/C12H12F3O.C11H12ClO/c1-3-6-9(2)16-11-8-5-4-7-10(11)12(13,14)15;1-3-5-9(2)13-11-7-4-6-10(12)8-11/h1,3-5,7-9H,6H2,2H3;1,3-4,6-9H,5H2,2H3. The molecule has 0 heterocycles. The third-order valence-corrected chi connectivity index (χ3v) is 3.83. The van der Waals surface area contributed by atoms with Crippen molar-refractivity contribution in [1.29, 1.82) is 0 Å². The Labute approximate surface area is 175 Å². The van der Waals surface area contributed by atoms with Crippen LogP contribution in [0, 0.1) is 13.2 Å². The minimum absolute atomic E-state index is 0.0865. The molecule has 0 aliphatic rings. The highest BCUT2D eigenvalue weighted by molar-refractivity contribution is 6.30. The van der Waals surface area contributed by atoms with Gasteiger partial charge in [-0.25, -0.2) is 0 Å². The van der Waals surface area contributed by atoms with Crippen molar-refractivity contribution < 1.29 is 22.6 Å². The molecule has 0 amide bonds. The first-order chi connectivity index (χ1) is 13.7. The normalized spacial score (nSPS) is 12.8. The van der Waals surface area contributed by atoms with Crippen LogP contribution in [0.15, 0.2) is 60.7 Å². The fourth-order valence-corrected chi connectivity index (χ4v) is 2.45. The van der Waals surface area contributed by atoms with E-state index in [-0.39, 0.29) is 18.0 Å². The molecule has 2 rings (SSSR count). The Hall–Kier alpha value is -2.40. The Kier molecular flexibility index (Phi) is 10.4. The van der Waals surface area contributed by atoms with E-state index >= 15 is 0 Å². The van der Waals surface area contributed by atoms with Crippen LogP contribution in [0.2, 0.25) is 5.02 Å². The first-order valence-corrected chi connectivity index (χ1v) is 9.37. The molecule has 0 N–H and O–H groups in total. The largest absolute Gasteiger partial charge is 0.490 e. The Morgan fingerprint density at radius 2 is 1.52 bits per heavy atom. The average Bonchev–Trinajstić information content (AvgIpc) is 2.62. The van der Waals surface area contributed by atoms with Gasteiger partial charge in [0.25, 0.3) is 0 Å². The van der Waals surface area contributed by atoms with E-state index in [1.807, 2.05) is 25.1 Å². The van der Waals surface area contributed by atoms with Gasteiger partial charge in [-0.15, -0.1) is 0 Å². The predicted octanol–water partition coefficient (Wildman–Crippen LogP) is 7.34. The van der Waals surface area contributed by atoms with Gasteiger partial charge in [0.2, 0.25) is 0 Å². The third-order valence-electron chi connectivity index (χ3n) is 3.59. The van der Waals surface area contributed by atoms with Crippen molar-refractivity contribution >= 4 is 11.6 Å². The summed E-state index contributed by atoms with van der Waals surface area (Å²) in [6, 6.07) is 12.5. The van der Waals surface area contributed by atoms with Gasteiger partial charge in [-0.1, -0.05) is 55.1 Å². The molecule has 0 saturated heterocycles. The van der Waals surface area contributed by atoms with Gasteiger partial charge in [0, 0.05) is 17.9 Å². The second-order valence-corrected chi connectivity index (χ2v) is 6.69. The molecular weight excluding hydrogens is 401 g/mol. The van der Waals surface area contributed by atoms with Crippen molar-refractivity contribution in [3.8, 4) is 11.5 Å². The average molecular weight is 425 g/mol. The number of ether oxygens (including phenoxy) is 2. The van der Waals surface area contributed by atoms with Crippen molar-refractivity contribution in [2.45, 2.75) is 45.1 Å². The molecule has 2 aromatic carbocycles. The summed E-state index contributed by atoms with van der Waals surface area (Å²) in [5.41, 5.74) is -0.765. The zero-order valence-electron chi connectivity index (χ0n) is 16.3. The summed E-state index contributed by atoms with van der Waals surface area (Å²) >= 11 is 5.79. The molecule has 2 atom stereocenters. The highest BCUT2D eigenvalue weighted by atomic mass is 35.5. The van der Waals surface area contributed by atoms with Crippen LogP contribution in [0.3, 0.4) is 0 Å². The molecule has 156 valence electrons. The highest BCUT2D eigenvalue weighted by Gasteiger charge is 2.34. The molecule has 0 bridgehead atoms. The van der Waals surface area contributed by atoms with Gasteiger partial charge in [0.05, 0.1) is 17.8 Å². The van der Waals surface area contributed by atoms with E-state index in [0.29, 0.717) is 11.4 Å². The second-order valence-electron chi connectivity index (χ2n) is 6.25. The number of alkyl halides is 3. The minimum atomic E-state index is -4.40. The van der Waals surface area contributed by atoms with Crippen molar-refractivity contribution in [2.75, 3.05) is 0 Å². The van der Waals surface area contributed by atoms with Crippen LogP contribution in [-0.4, -0.2) is 12.2 Å². The number of benzene rings is 2. The topological polar surface area (TPSA) is 18.5 Å². The molecule has 0 aliphatic heterocycles. The van der Waals surface area contributed by atoms with Gasteiger partial charge < -0.3 is 9.47 Å². The fourth-order valence-electron chi connectivity index (χ4n) is 2.27.